The van der Waals surface area contributed by atoms with Crippen molar-refractivity contribution in [3.63, 3.8) is 0 Å². The van der Waals surface area contributed by atoms with E-state index >= 15 is 0 Å². The van der Waals surface area contributed by atoms with Gasteiger partial charge in [0.1, 0.15) is 0 Å². The molecule has 0 amide bonds. The maximum absolute atomic E-state index is 12.3. The molecule has 3 rings (SSSR count). The molecule has 6 atom stereocenters. The first-order chi connectivity index (χ1) is 10.9. The Kier molecular flexibility index (Phi) is 4.87. The summed E-state index contributed by atoms with van der Waals surface area (Å²) in [5.74, 6) is 2.11. The van der Waals surface area contributed by atoms with Gasteiger partial charge in [-0.3, -0.25) is 4.79 Å². The first-order valence-corrected chi connectivity index (χ1v) is 9.38. The van der Waals surface area contributed by atoms with E-state index in [2.05, 4.69) is 34.6 Å². The van der Waals surface area contributed by atoms with Crippen molar-refractivity contribution >= 4 is 5.97 Å². The Morgan fingerprint density at radius 1 is 1.13 bits per heavy atom. The van der Waals surface area contributed by atoms with Gasteiger partial charge in [-0.1, -0.05) is 38.3 Å². The summed E-state index contributed by atoms with van der Waals surface area (Å²) in [6, 6.07) is 0. The zero-order chi connectivity index (χ0) is 16.7. The summed E-state index contributed by atoms with van der Waals surface area (Å²) in [6.45, 7) is 11.2. The lowest BCUT2D eigenvalue weighted by atomic mass is 9.75. The van der Waals surface area contributed by atoms with E-state index in [9.17, 15) is 4.79 Å². The molecular weight excluding hydrogens is 288 g/mol. The lowest BCUT2D eigenvalue weighted by molar-refractivity contribution is -0.195. The Balaban J connectivity index is 1.73. The van der Waals surface area contributed by atoms with Gasteiger partial charge in [-0.25, -0.2) is 0 Å². The summed E-state index contributed by atoms with van der Waals surface area (Å²) in [6.07, 6.45) is 5.33. The van der Waals surface area contributed by atoms with Crippen LogP contribution in [0.2, 0.25) is 0 Å². The molecule has 1 saturated carbocycles. The Labute approximate surface area is 140 Å². The number of carbonyl (C=O) groups is 1. The molecule has 0 spiro atoms. The van der Waals surface area contributed by atoms with Crippen LogP contribution in [0.5, 0.6) is 0 Å². The molecule has 0 bridgehead atoms. The van der Waals surface area contributed by atoms with Gasteiger partial charge in [-0.15, -0.1) is 0 Å². The number of fused-ring (bicyclic) bond motifs is 1. The minimum atomic E-state index is -0.327. The van der Waals surface area contributed by atoms with Crippen LogP contribution in [0.3, 0.4) is 0 Å². The molecule has 3 aliphatic rings. The smallest absolute Gasteiger partial charge is 0.312 e. The van der Waals surface area contributed by atoms with E-state index in [1.54, 1.807) is 0 Å². The lowest BCUT2D eigenvalue weighted by Gasteiger charge is -2.39. The molecule has 130 valence electrons. The molecule has 0 aromatic heterocycles. The predicted octanol–water partition coefficient (Wildman–Crippen LogP) is 4.71. The van der Waals surface area contributed by atoms with Crippen molar-refractivity contribution in [2.24, 2.45) is 29.6 Å². The Bertz CT molecular complexity index is 493. The van der Waals surface area contributed by atoms with Crippen molar-refractivity contribution in [3.8, 4) is 0 Å². The number of rotatable bonds is 3. The zero-order valence-corrected chi connectivity index (χ0v) is 15.3. The number of esters is 1. The van der Waals surface area contributed by atoms with Gasteiger partial charge in [0.05, 0.1) is 12.0 Å². The van der Waals surface area contributed by atoms with Crippen LogP contribution in [0.15, 0.2) is 11.1 Å². The molecule has 3 heteroatoms. The normalized spacial score (nSPS) is 41.2. The molecular formula is C20H32O3. The van der Waals surface area contributed by atoms with Crippen molar-refractivity contribution in [3.05, 3.63) is 11.1 Å². The van der Waals surface area contributed by atoms with Gasteiger partial charge in [0.15, 0.2) is 0 Å². The minimum Gasteiger partial charge on any atom is -0.435 e. The molecule has 3 unspecified atom stereocenters. The summed E-state index contributed by atoms with van der Waals surface area (Å²) in [5, 5.41) is 0. The SMILES string of the molecule is CC1=C(C)C[C@@H]2C(=O)O[C@@H](OC3CC(C)CCC3C(C)C)[C@@H]2C1. The van der Waals surface area contributed by atoms with Crippen molar-refractivity contribution < 1.29 is 14.3 Å². The molecule has 1 heterocycles. The van der Waals surface area contributed by atoms with Crippen molar-refractivity contribution in [2.45, 2.75) is 79.1 Å². The van der Waals surface area contributed by atoms with E-state index in [1.165, 1.54) is 24.0 Å². The van der Waals surface area contributed by atoms with Crippen molar-refractivity contribution in [2.75, 3.05) is 0 Å². The predicted molar refractivity (Wildman–Crippen MR) is 90.7 cm³/mol. The molecule has 1 saturated heterocycles. The third-order valence-corrected chi connectivity index (χ3v) is 6.47. The van der Waals surface area contributed by atoms with E-state index in [4.69, 9.17) is 9.47 Å². The van der Waals surface area contributed by atoms with Crippen LogP contribution < -0.4 is 0 Å². The molecule has 3 nitrogen and oxygen atoms in total. The second kappa shape index (κ2) is 6.58. The fourth-order valence-electron chi connectivity index (χ4n) is 4.73. The fourth-order valence-corrected chi connectivity index (χ4v) is 4.73. The second-order valence-corrected chi connectivity index (χ2v) is 8.55. The standard InChI is InChI=1S/C20H32O3/c1-11(2)15-7-6-12(3)8-18(15)22-20-17-10-14(5)13(4)9-16(17)19(21)23-20/h11-12,15-18,20H,6-10H2,1-5H3/t12?,15?,16-,17+,18?,20+/m0/s1. The van der Waals surface area contributed by atoms with Gasteiger partial charge in [0, 0.05) is 5.92 Å². The average Bonchev–Trinajstić information content (AvgIpc) is 2.75. The van der Waals surface area contributed by atoms with Crippen molar-refractivity contribution in [1.29, 1.82) is 0 Å². The summed E-state index contributed by atoms with van der Waals surface area (Å²) in [5.41, 5.74) is 2.77. The van der Waals surface area contributed by atoms with Crippen LogP contribution in [0, 0.1) is 29.6 Å². The number of carbonyl (C=O) groups excluding carboxylic acids is 1. The highest BCUT2D eigenvalue weighted by Gasteiger charge is 2.48. The van der Waals surface area contributed by atoms with Crippen LogP contribution in [-0.2, 0) is 14.3 Å². The molecule has 1 aliphatic heterocycles. The highest BCUT2D eigenvalue weighted by atomic mass is 16.7. The largest absolute Gasteiger partial charge is 0.435 e. The van der Waals surface area contributed by atoms with E-state index in [1.807, 2.05) is 0 Å². The molecule has 2 aliphatic carbocycles. The Morgan fingerprint density at radius 3 is 2.52 bits per heavy atom. The monoisotopic (exact) mass is 320 g/mol. The molecule has 0 aromatic rings. The fraction of sp³-hybridized carbons (Fsp3) is 0.850. The third-order valence-electron chi connectivity index (χ3n) is 6.47. The quantitative estimate of drug-likeness (QED) is 0.558. The summed E-state index contributed by atoms with van der Waals surface area (Å²) in [4.78, 5) is 12.3. The summed E-state index contributed by atoms with van der Waals surface area (Å²) < 4.78 is 12.1. The molecule has 0 radical (unpaired) electrons. The van der Waals surface area contributed by atoms with E-state index < -0.39 is 0 Å². The van der Waals surface area contributed by atoms with Crippen LogP contribution in [0.25, 0.3) is 0 Å². The number of ether oxygens (including phenoxy) is 2. The number of hydrogen-bond acceptors (Lipinski definition) is 3. The summed E-state index contributed by atoms with van der Waals surface area (Å²) in [7, 11) is 0. The minimum absolute atomic E-state index is 0.0159. The number of allylic oxidation sites excluding steroid dienone is 2. The lowest BCUT2D eigenvalue weighted by Crippen LogP contribution is -2.39. The van der Waals surface area contributed by atoms with Gasteiger partial charge in [-0.05, 0) is 57.3 Å². The van der Waals surface area contributed by atoms with Gasteiger partial charge in [0.2, 0.25) is 6.29 Å². The first kappa shape index (κ1) is 17.0. The maximum Gasteiger partial charge on any atom is 0.312 e. The first-order valence-electron chi connectivity index (χ1n) is 9.38. The van der Waals surface area contributed by atoms with Gasteiger partial charge in [0.25, 0.3) is 0 Å². The zero-order valence-electron chi connectivity index (χ0n) is 15.3. The van der Waals surface area contributed by atoms with Gasteiger partial charge < -0.3 is 9.47 Å². The topological polar surface area (TPSA) is 35.5 Å². The van der Waals surface area contributed by atoms with E-state index in [-0.39, 0.29) is 30.2 Å². The molecule has 2 fully saturated rings. The average molecular weight is 320 g/mol. The van der Waals surface area contributed by atoms with Crippen LogP contribution in [0.4, 0.5) is 0 Å². The van der Waals surface area contributed by atoms with Gasteiger partial charge >= 0.3 is 5.97 Å². The van der Waals surface area contributed by atoms with Crippen LogP contribution in [0.1, 0.15) is 66.7 Å². The Hall–Kier alpha value is -0.830. The second-order valence-electron chi connectivity index (χ2n) is 8.55. The van der Waals surface area contributed by atoms with Crippen LogP contribution >= 0.6 is 0 Å². The van der Waals surface area contributed by atoms with Crippen molar-refractivity contribution in [1.82, 2.24) is 0 Å². The number of hydrogen-bond donors (Lipinski definition) is 0. The Morgan fingerprint density at radius 2 is 1.83 bits per heavy atom. The van der Waals surface area contributed by atoms with Gasteiger partial charge in [-0.2, -0.15) is 0 Å². The van der Waals surface area contributed by atoms with Crippen LogP contribution in [-0.4, -0.2) is 18.4 Å². The van der Waals surface area contributed by atoms with E-state index in [0.717, 1.165) is 19.3 Å². The third kappa shape index (κ3) is 3.35. The highest BCUT2D eigenvalue weighted by molar-refractivity contribution is 5.76. The maximum atomic E-state index is 12.3. The van der Waals surface area contributed by atoms with E-state index in [0.29, 0.717) is 17.8 Å². The molecule has 23 heavy (non-hydrogen) atoms. The number of cyclic esters (lactones) is 1. The summed E-state index contributed by atoms with van der Waals surface area (Å²) >= 11 is 0. The molecule has 0 aromatic carbocycles. The highest BCUT2D eigenvalue weighted by Crippen LogP contribution is 2.44. The molecule has 0 N–H and O–H groups in total.